The monoisotopic (exact) mass is 171 g/mol. The second-order valence-electron chi connectivity index (χ2n) is 4.12. The van der Waals surface area contributed by atoms with Crippen LogP contribution in [-0.2, 0) is 4.74 Å². The van der Waals surface area contributed by atoms with E-state index in [2.05, 4.69) is 32.8 Å². The lowest BCUT2D eigenvalue weighted by atomic mass is 9.87. The van der Waals surface area contributed by atoms with E-state index in [1.54, 1.807) is 0 Å². The molecule has 0 N–H and O–H groups in total. The van der Waals surface area contributed by atoms with Crippen molar-refractivity contribution in [3.05, 3.63) is 0 Å². The minimum Gasteiger partial charge on any atom is -0.379 e. The normalized spacial score (nSPS) is 32.8. The zero-order chi connectivity index (χ0) is 9.14. The van der Waals surface area contributed by atoms with Crippen LogP contribution in [0.15, 0.2) is 0 Å². The fourth-order valence-corrected chi connectivity index (χ4v) is 1.94. The van der Waals surface area contributed by atoms with Gasteiger partial charge in [0.25, 0.3) is 0 Å². The highest BCUT2D eigenvalue weighted by Crippen LogP contribution is 2.26. The minimum atomic E-state index is 0.639. The van der Waals surface area contributed by atoms with Crippen LogP contribution in [0.2, 0.25) is 0 Å². The van der Waals surface area contributed by atoms with Gasteiger partial charge in [0.05, 0.1) is 13.2 Å². The second-order valence-corrected chi connectivity index (χ2v) is 4.12. The molecule has 0 aromatic heterocycles. The van der Waals surface area contributed by atoms with Crippen LogP contribution in [0.25, 0.3) is 0 Å². The summed E-state index contributed by atoms with van der Waals surface area (Å²) in [6.45, 7) is 6.46. The highest BCUT2D eigenvalue weighted by atomic mass is 16.5. The lowest BCUT2D eigenvalue weighted by Crippen LogP contribution is -2.37. The van der Waals surface area contributed by atoms with E-state index in [4.69, 9.17) is 4.74 Å². The van der Waals surface area contributed by atoms with E-state index >= 15 is 0 Å². The van der Waals surface area contributed by atoms with Crippen LogP contribution in [0, 0.1) is 11.8 Å². The van der Waals surface area contributed by atoms with E-state index in [9.17, 15) is 0 Å². The van der Waals surface area contributed by atoms with E-state index in [1.165, 1.54) is 6.42 Å². The molecule has 0 aromatic carbocycles. The highest BCUT2D eigenvalue weighted by molar-refractivity contribution is 4.83. The summed E-state index contributed by atoms with van der Waals surface area (Å²) >= 11 is 0. The van der Waals surface area contributed by atoms with E-state index in [1.807, 2.05) is 0 Å². The molecule has 0 bridgehead atoms. The molecule has 2 nitrogen and oxygen atoms in total. The first kappa shape index (κ1) is 10.0. The average Bonchev–Trinajstić information content (AvgIpc) is 2.50. The Morgan fingerprint density at radius 2 is 2.08 bits per heavy atom. The van der Waals surface area contributed by atoms with Crippen molar-refractivity contribution in [1.82, 2.24) is 4.90 Å². The number of hydrogen-bond donors (Lipinski definition) is 0. The average molecular weight is 171 g/mol. The summed E-state index contributed by atoms with van der Waals surface area (Å²) in [7, 11) is 4.30. The van der Waals surface area contributed by atoms with Crippen molar-refractivity contribution < 1.29 is 4.74 Å². The zero-order valence-electron chi connectivity index (χ0n) is 8.71. The van der Waals surface area contributed by atoms with Crippen molar-refractivity contribution in [2.24, 2.45) is 11.8 Å². The maximum Gasteiger partial charge on any atom is 0.0625 e. The summed E-state index contributed by atoms with van der Waals surface area (Å²) < 4.78 is 5.51. The van der Waals surface area contributed by atoms with Gasteiger partial charge in [-0.25, -0.2) is 0 Å². The minimum absolute atomic E-state index is 0.639. The molecule has 1 fully saturated rings. The number of nitrogens with zero attached hydrogens (tertiary/aromatic N) is 1. The first-order chi connectivity index (χ1) is 5.66. The maximum atomic E-state index is 5.51. The molecule has 0 amide bonds. The van der Waals surface area contributed by atoms with Crippen LogP contribution in [0.1, 0.15) is 20.3 Å². The number of hydrogen-bond acceptors (Lipinski definition) is 2. The van der Waals surface area contributed by atoms with Crippen molar-refractivity contribution in [3.8, 4) is 0 Å². The summed E-state index contributed by atoms with van der Waals surface area (Å²) in [5.74, 6) is 1.53. The molecule has 72 valence electrons. The fraction of sp³-hybridized carbons (Fsp3) is 1.00. The molecule has 0 radical (unpaired) electrons. The Balaban J connectivity index is 2.51. The summed E-state index contributed by atoms with van der Waals surface area (Å²) in [6, 6.07) is 0.639. The Bertz CT molecular complexity index is 136. The van der Waals surface area contributed by atoms with Crippen LogP contribution in [-0.4, -0.2) is 38.3 Å². The lowest BCUT2D eigenvalue weighted by molar-refractivity contribution is 0.168. The number of ether oxygens (including phenoxy) is 1. The molecule has 0 aliphatic carbocycles. The van der Waals surface area contributed by atoms with Gasteiger partial charge < -0.3 is 9.64 Å². The van der Waals surface area contributed by atoms with Crippen LogP contribution < -0.4 is 0 Å². The van der Waals surface area contributed by atoms with Gasteiger partial charge in [0.1, 0.15) is 0 Å². The molecule has 1 aliphatic heterocycles. The Labute approximate surface area is 75.9 Å². The standard InChI is InChI=1S/C10H21NO/c1-5-8(2)9-6-12-7-10(9)11(3)4/h8-10H,5-7H2,1-4H3/t8?,9?,10-/m1/s1. The van der Waals surface area contributed by atoms with E-state index in [0.717, 1.165) is 25.0 Å². The molecular weight excluding hydrogens is 150 g/mol. The highest BCUT2D eigenvalue weighted by Gasteiger charge is 2.32. The van der Waals surface area contributed by atoms with Crippen LogP contribution in [0.4, 0.5) is 0 Å². The zero-order valence-corrected chi connectivity index (χ0v) is 8.71. The van der Waals surface area contributed by atoms with Gasteiger partial charge in [-0.05, 0) is 20.0 Å². The molecule has 1 aliphatic rings. The number of likely N-dealkylation sites (N-methyl/N-ethyl adjacent to an activating group) is 1. The van der Waals surface area contributed by atoms with Crippen molar-refractivity contribution in [1.29, 1.82) is 0 Å². The van der Waals surface area contributed by atoms with Crippen molar-refractivity contribution in [2.45, 2.75) is 26.3 Å². The van der Waals surface area contributed by atoms with E-state index in [-0.39, 0.29) is 0 Å². The third kappa shape index (κ3) is 1.99. The molecule has 1 rings (SSSR count). The summed E-state index contributed by atoms with van der Waals surface area (Å²) in [5, 5.41) is 0. The van der Waals surface area contributed by atoms with Gasteiger partial charge in [0.15, 0.2) is 0 Å². The molecule has 2 unspecified atom stereocenters. The summed E-state index contributed by atoms with van der Waals surface area (Å²) in [4.78, 5) is 2.30. The molecule has 3 atom stereocenters. The Morgan fingerprint density at radius 3 is 2.58 bits per heavy atom. The first-order valence-corrected chi connectivity index (χ1v) is 4.91. The predicted octanol–water partition coefficient (Wildman–Crippen LogP) is 1.61. The van der Waals surface area contributed by atoms with Crippen molar-refractivity contribution in [3.63, 3.8) is 0 Å². The second kappa shape index (κ2) is 4.24. The predicted molar refractivity (Wildman–Crippen MR) is 51.2 cm³/mol. The molecule has 0 saturated carbocycles. The Hall–Kier alpha value is -0.0800. The summed E-state index contributed by atoms with van der Waals surface area (Å²) in [5.41, 5.74) is 0. The Morgan fingerprint density at radius 1 is 1.42 bits per heavy atom. The smallest absolute Gasteiger partial charge is 0.0625 e. The van der Waals surface area contributed by atoms with Crippen LogP contribution in [0.5, 0.6) is 0 Å². The first-order valence-electron chi connectivity index (χ1n) is 4.91. The van der Waals surface area contributed by atoms with Gasteiger partial charge in [0.2, 0.25) is 0 Å². The Kier molecular flexibility index (Phi) is 3.53. The fourth-order valence-electron chi connectivity index (χ4n) is 1.94. The van der Waals surface area contributed by atoms with Crippen LogP contribution in [0.3, 0.4) is 0 Å². The third-order valence-corrected chi connectivity index (χ3v) is 3.13. The largest absolute Gasteiger partial charge is 0.379 e. The van der Waals surface area contributed by atoms with Crippen molar-refractivity contribution in [2.75, 3.05) is 27.3 Å². The topological polar surface area (TPSA) is 12.5 Å². The van der Waals surface area contributed by atoms with E-state index in [0.29, 0.717) is 6.04 Å². The lowest BCUT2D eigenvalue weighted by Gasteiger charge is -2.28. The molecule has 1 heterocycles. The number of rotatable bonds is 3. The molecule has 12 heavy (non-hydrogen) atoms. The third-order valence-electron chi connectivity index (χ3n) is 3.13. The van der Waals surface area contributed by atoms with Gasteiger partial charge in [-0.3, -0.25) is 0 Å². The SMILES string of the molecule is CCC(C)C1COC[C@H]1N(C)C. The van der Waals surface area contributed by atoms with Gasteiger partial charge in [0, 0.05) is 12.0 Å². The quantitative estimate of drug-likeness (QED) is 0.639. The van der Waals surface area contributed by atoms with Gasteiger partial charge in [-0.15, -0.1) is 0 Å². The molecule has 0 spiro atoms. The van der Waals surface area contributed by atoms with E-state index < -0.39 is 0 Å². The van der Waals surface area contributed by atoms with Gasteiger partial charge in [-0.1, -0.05) is 20.3 Å². The molecule has 1 saturated heterocycles. The molecule has 0 aromatic rings. The van der Waals surface area contributed by atoms with Gasteiger partial charge in [-0.2, -0.15) is 0 Å². The molecular formula is C10H21NO. The van der Waals surface area contributed by atoms with Crippen molar-refractivity contribution >= 4 is 0 Å². The maximum absolute atomic E-state index is 5.51. The van der Waals surface area contributed by atoms with Gasteiger partial charge >= 0.3 is 0 Å². The molecule has 2 heteroatoms. The summed E-state index contributed by atoms with van der Waals surface area (Å²) in [6.07, 6.45) is 1.26. The van der Waals surface area contributed by atoms with Crippen LogP contribution >= 0.6 is 0 Å².